The number of benzene rings is 3. The van der Waals surface area contributed by atoms with Crippen LogP contribution in [0, 0.1) is 0 Å². The predicted octanol–water partition coefficient (Wildman–Crippen LogP) is 3.59. The van der Waals surface area contributed by atoms with Gasteiger partial charge in [0.15, 0.2) is 0 Å². The standard InChI is InChI=1S/C19H17N3/c20-12-7-5-11(6-8-12)17-14-4-2-1-3-13(14)15-9-10-16(21)19(22)18(15)17/h1-10,17H,20-22H2. The van der Waals surface area contributed by atoms with Crippen LogP contribution in [0.15, 0.2) is 60.7 Å². The van der Waals surface area contributed by atoms with E-state index >= 15 is 0 Å². The average molecular weight is 287 g/mol. The van der Waals surface area contributed by atoms with E-state index < -0.39 is 0 Å². The highest BCUT2D eigenvalue weighted by molar-refractivity contribution is 5.89. The summed E-state index contributed by atoms with van der Waals surface area (Å²) < 4.78 is 0. The maximum atomic E-state index is 6.32. The molecule has 0 saturated carbocycles. The van der Waals surface area contributed by atoms with Gasteiger partial charge >= 0.3 is 0 Å². The van der Waals surface area contributed by atoms with Gasteiger partial charge in [0.2, 0.25) is 0 Å². The lowest BCUT2D eigenvalue weighted by Crippen LogP contribution is -2.05. The molecule has 0 fully saturated rings. The maximum absolute atomic E-state index is 6.32. The Hall–Kier alpha value is -2.94. The van der Waals surface area contributed by atoms with Gasteiger partial charge in [0, 0.05) is 11.6 Å². The number of nitrogen functional groups attached to an aromatic ring is 3. The summed E-state index contributed by atoms with van der Waals surface area (Å²) >= 11 is 0. The maximum Gasteiger partial charge on any atom is 0.0596 e. The molecule has 0 aromatic heterocycles. The van der Waals surface area contributed by atoms with E-state index in [0.29, 0.717) is 11.4 Å². The molecule has 0 amide bonds. The summed E-state index contributed by atoms with van der Waals surface area (Å²) in [5, 5.41) is 0. The molecule has 3 aromatic carbocycles. The number of hydrogen-bond donors (Lipinski definition) is 3. The van der Waals surface area contributed by atoms with Gasteiger partial charge in [-0.3, -0.25) is 0 Å². The van der Waals surface area contributed by atoms with Crippen molar-refractivity contribution < 1.29 is 0 Å². The molecule has 0 spiro atoms. The molecule has 3 nitrogen and oxygen atoms in total. The minimum atomic E-state index is 0.107. The zero-order chi connectivity index (χ0) is 15.3. The molecule has 0 saturated heterocycles. The van der Waals surface area contributed by atoms with Gasteiger partial charge < -0.3 is 17.2 Å². The normalized spacial score (nSPS) is 15.4. The Balaban J connectivity index is 2.03. The van der Waals surface area contributed by atoms with Crippen LogP contribution < -0.4 is 17.2 Å². The molecule has 0 aliphatic heterocycles. The van der Waals surface area contributed by atoms with E-state index in [2.05, 4.69) is 42.5 Å². The van der Waals surface area contributed by atoms with Crippen molar-refractivity contribution in [1.82, 2.24) is 0 Å². The lowest BCUT2D eigenvalue weighted by Gasteiger charge is -2.17. The predicted molar refractivity (Wildman–Crippen MR) is 92.5 cm³/mol. The lowest BCUT2D eigenvalue weighted by molar-refractivity contribution is 1.02. The van der Waals surface area contributed by atoms with Crippen molar-refractivity contribution in [1.29, 1.82) is 0 Å². The molecule has 1 aliphatic carbocycles. The topological polar surface area (TPSA) is 78.1 Å². The monoisotopic (exact) mass is 287 g/mol. The van der Waals surface area contributed by atoms with Crippen molar-refractivity contribution in [3.63, 3.8) is 0 Å². The number of nitrogens with two attached hydrogens (primary N) is 3. The first-order chi connectivity index (χ1) is 10.7. The summed E-state index contributed by atoms with van der Waals surface area (Å²) in [7, 11) is 0. The highest BCUT2D eigenvalue weighted by Crippen LogP contribution is 2.51. The lowest BCUT2D eigenvalue weighted by atomic mass is 9.88. The smallest absolute Gasteiger partial charge is 0.0596 e. The summed E-state index contributed by atoms with van der Waals surface area (Å²) in [5.74, 6) is 0.107. The van der Waals surface area contributed by atoms with Crippen LogP contribution in [0.1, 0.15) is 22.6 Å². The van der Waals surface area contributed by atoms with Gasteiger partial charge in [0.25, 0.3) is 0 Å². The zero-order valence-electron chi connectivity index (χ0n) is 12.1. The van der Waals surface area contributed by atoms with Crippen molar-refractivity contribution in [2.75, 3.05) is 17.2 Å². The molecule has 3 aromatic rings. The second kappa shape index (κ2) is 4.53. The van der Waals surface area contributed by atoms with E-state index in [1.54, 1.807) is 0 Å². The molecule has 3 heteroatoms. The second-order valence-electron chi connectivity index (χ2n) is 5.72. The van der Waals surface area contributed by atoms with Crippen LogP contribution in [0.25, 0.3) is 11.1 Å². The van der Waals surface area contributed by atoms with Gasteiger partial charge in [-0.25, -0.2) is 0 Å². The highest BCUT2D eigenvalue weighted by atomic mass is 14.7. The Morgan fingerprint density at radius 1 is 0.682 bits per heavy atom. The van der Waals surface area contributed by atoms with Crippen LogP contribution in [0.5, 0.6) is 0 Å². The molecule has 1 atom stereocenters. The Bertz CT molecular complexity index is 866. The SMILES string of the molecule is Nc1ccc(C2c3ccccc3-c3ccc(N)c(N)c32)cc1. The number of rotatable bonds is 1. The molecule has 1 aliphatic rings. The van der Waals surface area contributed by atoms with Crippen molar-refractivity contribution >= 4 is 17.1 Å². The fourth-order valence-electron chi connectivity index (χ4n) is 3.38. The number of hydrogen-bond acceptors (Lipinski definition) is 3. The molecular weight excluding hydrogens is 270 g/mol. The fraction of sp³-hybridized carbons (Fsp3) is 0.0526. The third kappa shape index (κ3) is 1.69. The van der Waals surface area contributed by atoms with Crippen LogP contribution in [-0.4, -0.2) is 0 Å². The summed E-state index contributed by atoms with van der Waals surface area (Å²) in [6.07, 6.45) is 0. The van der Waals surface area contributed by atoms with Crippen LogP contribution >= 0.6 is 0 Å². The quantitative estimate of drug-likeness (QED) is 0.468. The Kier molecular flexibility index (Phi) is 2.63. The van der Waals surface area contributed by atoms with Crippen molar-refractivity contribution in [3.8, 4) is 11.1 Å². The van der Waals surface area contributed by atoms with E-state index in [0.717, 1.165) is 11.3 Å². The van der Waals surface area contributed by atoms with Crippen LogP contribution in [-0.2, 0) is 0 Å². The second-order valence-corrected chi connectivity index (χ2v) is 5.72. The summed E-state index contributed by atoms with van der Waals surface area (Å²) in [6.45, 7) is 0. The fourth-order valence-corrected chi connectivity index (χ4v) is 3.38. The minimum Gasteiger partial charge on any atom is -0.399 e. The summed E-state index contributed by atoms with van der Waals surface area (Å²) in [4.78, 5) is 0. The van der Waals surface area contributed by atoms with Crippen LogP contribution in [0.3, 0.4) is 0 Å². The van der Waals surface area contributed by atoms with Crippen molar-refractivity contribution in [2.45, 2.75) is 5.92 Å². The molecule has 0 heterocycles. The van der Waals surface area contributed by atoms with Gasteiger partial charge in [-0.2, -0.15) is 0 Å². The molecule has 1 unspecified atom stereocenters. The van der Waals surface area contributed by atoms with E-state index in [-0.39, 0.29) is 5.92 Å². The van der Waals surface area contributed by atoms with E-state index in [1.165, 1.54) is 22.3 Å². The first kappa shape index (κ1) is 12.8. The zero-order valence-corrected chi connectivity index (χ0v) is 12.1. The van der Waals surface area contributed by atoms with Crippen molar-refractivity contribution in [2.24, 2.45) is 0 Å². The van der Waals surface area contributed by atoms with Gasteiger partial charge in [-0.1, -0.05) is 42.5 Å². The van der Waals surface area contributed by atoms with Crippen LogP contribution in [0.2, 0.25) is 0 Å². The highest BCUT2D eigenvalue weighted by Gasteiger charge is 2.32. The first-order valence-corrected chi connectivity index (χ1v) is 7.29. The third-order valence-corrected chi connectivity index (χ3v) is 4.44. The molecule has 4 rings (SSSR count). The van der Waals surface area contributed by atoms with Gasteiger partial charge in [-0.15, -0.1) is 0 Å². The largest absolute Gasteiger partial charge is 0.399 e. The van der Waals surface area contributed by atoms with Crippen LogP contribution in [0.4, 0.5) is 17.1 Å². The third-order valence-electron chi connectivity index (χ3n) is 4.44. The molecular formula is C19H17N3. The first-order valence-electron chi connectivity index (χ1n) is 7.29. The Labute approximate surface area is 129 Å². The number of fused-ring (bicyclic) bond motifs is 3. The minimum absolute atomic E-state index is 0.107. The molecule has 22 heavy (non-hydrogen) atoms. The van der Waals surface area contributed by atoms with Gasteiger partial charge in [0.05, 0.1) is 11.4 Å². The Morgan fingerprint density at radius 2 is 1.41 bits per heavy atom. The summed E-state index contributed by atoms with van der Waals surface area (Å²) in [6, 6.07) is 20.4. The summed E-state index contributed by atoms with van der Waals surface area (Å²) in [5.41, 5.74) is 26.2. The molecule has 0 bridgehead atoms. The molecule has 108 valence electrons. The number of anilines is 3. The molecule has 0 radical (unpaired) electrons. The average Bonchev–Trinajstić information content (AvgIpc) is 2.87. The van der Waals surface area contributed by atoms with E-state index in [1.807, 2.05) is 18.2 Å². The van der Waals surface area contributed by atoms with Crippen molar-refractivity contribution in [3.05, 3.63) is 77.4 Å². The van der Waals surface area contributed by atoms with E-state index in [4.69, 9.17) is 17.2 Å². The van der Waals surface area contributed by atoms with E-state index in [9.17, 15) is 0 Å². The molecule has 6 N–H and O–H groups in total. The Morgan fingerprint density at radius 3 is 2.18 bits per heavy atom. The van der Waals surface area contributed by atoms with Gasteiger partial charge in [0.1, 0.15) is 0 Å². The van der Waals surface area contributed by atoms with Gasteiger partial charge in [-0.05, 0) is 46.0 Å².